The zero-order valence-electron chi connectivity index (χ0n) is 15.6. The van der Waals surface area contributed by atoms with E-state index < -0.39 is 12.0 Å². The van der Waals surface area contributed by atoms with Gasteiger partial charge in [0, 0.05) is 29.4 Å². The van der Waals surface area contributed by atoms with Gasteiger partial charge in [-0.15, -0.1) is 0 Å². The summed E-state index contributed by atoms with van der Waals surface area (Å²) in [6.45, 7) is 4.82. The predicted molar refractivity (Wildman–Crippen MR) is 110 cm³/mol. The van der Waals surface area contributed by atoms with E-state index in [-0.39, 0.29) is 5.91 Å². The van der Waals surface area contributed by atoms with Gasteiger partial charge < -0.3 is 15.7 Å². The minimum absolute atomic E-state index is 0.127. The number of aliphatic hydroxyl groups is 1. The first-order valence-electron chi connectivity index (χ1n) is 9.23. The summed E-state index contributed by atoms with van der Waals surface area (Å²) in [5.41, 5.74) is 2.78. The lowest BCUT2D eigenvalue weighted by Gasteiger charge is -2.12. The number of nitrogens with one attached hydrogen (secondary N) is 2. The molecule has 2 aromatic heterocycles. The second kappa shape index (κ2) is 7.48. The van der Waals surface area contributed by atoms with Crippen LogP contribution >= 0.6 is 15.9 Å². The smallest absolute Gasteiger partial charge is 0.238 e. The topological polar surface area (TPSA) is 105 Å². The fourth-order valence-corrected chi connectivity index (χ4v) is 3.74. The Morgan fingerprint density at radius 1 is 1.39 bits per heavy atom. The van der Waals surface area contributed by atoms with Crippen LogP contribution in [0.2, 0.25) is 0 Å². The van der Waals surface area contributed by atoms with Crippen molar-refractivity contribution in [3.63, 3.8) is 0 Å². The van der Waals surface area contributed by atoms with Gasteiger partial charge in [0.15, 0.2) is 5.65 Å². The van der Waals surface area contributed by atoms with E-state index in [9.17, 15) is 9.90 Å². The summed E-state index contributed by atoms with van der Waals surface area (Å²) in [7, 11) is 0. The van der Waals surface area contributed by atoms with Crippen LogP contribution < -0.4 is 10.6 Å². The minimum atomic E-state index is -0.552. The normalized spacial score (nSPS) is 16.9. The molecule has 3 heterocycles. The fourth-order valence-electron chi connectivity index (χ4n) is 3.36. The molecule has 8 nitrogen and oxygen atoms in total. The molecule has 1 unspecified atom stereocenters. The van der Waals surface area contributed by atoms with E-state index in [1.807, 2.05) is 29.1 Å². The lowest BCUT2D eigenvalue weighted by atomic mass is 9.95. The third-order valence-electron chi connectivity index (χ3n) is 4.58. The first-order chi connectivity index (χ1) is 13.5. The molecule has 0 fully saturated rings. The summed E-state index contributed by atoms with van der Waals surface area (Å²) in [5.74, 6) is -0.330. The highest BCUT2D eigenvalue weighted by Gasteiger charge is 2.35. The number of hydrogen-bond acceptors (Lipinski definition) is 6. The second-order valence-corrected chi connectivity index (χ2v) is 7.86. The summed E-state index contributed by atoms with van der Waals surface area (Å²) >= 11 is 3.49. The monoisotopic (exact) mass is 444 g/mol. The quantitative estimate of drug-likeness (QED) is 0.539. The summed E-state index contributed by atoms with van der Waals surface area (Å²) in [6.07, 6.45) is 2.28. The SMILES string of the molecule is CCCn1cc2c(C3C(=O)Nc4ccc(Br)cc43)nc(NC[C@H](C)O)nc2n1. The largest absolute Gasteiger partial charge is 0.392 e. The van der Waals surface area contributed by atoms with E-state index in [0.29, 0.717) is 23.8 Å². The number of anilines is 2. The molecule has 28 heavy (non-hydrogen) atoms. The maximum Gasteiger partial charge on any atom is 0.238 e. The van der Waals surface area contributed by atoms with Crippen LogP contribution in [0.5, 0.6) is 0 Å². The summed E-state index contributed by atoms with van der Waals surface area (Å²) < 4.78 is 2.72. The Balaban J connectivity index is 1.87. The van der Waals surface area contributed by atoms with Crippen LogP contribution in [-0.2, 0) is 11.3 Å². The molecular formula is C19H21BrN6O2. The number of carbonyl (C=O) groups is 1. The summed E-state index contributed by atoms with van der Waals surface area (Å²) in [5, 5.41) is 20.8. The van der Waals surface area contributed by atoms with Crippen LogP contribution in [0.25, 0.3) is 11.0 Å². The van der Waals surface area contributed by atoms with Gasteiger partial charge in [-0.1, -0.05) is 22.9 Å². The molecule has 146 valence electrons. The minimum Gasteiger partial charge on any atom is -0.392 e. The molecule has 0 bridgehead atoms. The lowest BCUT2D eigenvalue weighted by Crippen LogP contribution is -2.19. The van der Waals surface area contributed by atoms with Gasteiger partial charge in [0.05, 0.1) is 17.2 Å². The lowest BCUT2D eigenvalue weighted by molar-refractivity contribution is -0.116. The molecule has 1 aliphatic heterocycles. The number of rotatable bonds is 6. The van der Waals surface area contributed by atoms with Gasteiger partial charge in [0.2, 0.25) is 11.9 Å². The van der Waals surface area contributed by atoms with Crippen molar-refractivity contribution in [2.75, 3.05) is 17.2 Å². The molecule has 4 rings (SSSR count). The number of halogens is 1. The molecule has 0 saturated carbocycles. The number of fused-ring (bicyclic) bond motifs is 2. The van der Waals surface area contributed by atoms with Crippen LogP contribution in [0.1, 0.15) is 37.4 Å². The third-order valence-corrected chi connectivity index (χ3v) is 5.08. The summed E-state index contributed by atoms with van der Waals surface area (Å²) in [4.78, 5) is 21.9. The Bertz CT molecular complexity index is 1050. The van der Waals surface area contributed by atoms with E-state index in [2.05, 4.69) is 48.6 Å². The van der Waals surface area contributed by atoms with Crippen molar-refractivity contribution in [1.29, 1.82) is 0 Å². The van der Waals surface area contributed by atoms with Crippen molar-refractivity contribution in [1.82, 2.24) is 19.7 Å². The fraction of sp³-hybridized carbons (Fsp3) is 0.368. The Labute approximate surface area is 170 Å². The molecule has 1 aliphatic rings. The number of nitrogens with zero attached hydrogens (tertiary/aromatic N) is 4. The standard InChI is InChI=1S/C19H21BrN6O2/c1-3-6-26-9-13-16(23-19(21-8-10(2)27)24-17(13)25-26)15-12-7-11(20)4-5-14(12)22-18(15)28/h4-5,7,9-10,15,27H,3,6,8H2,1-2H3,(H,22,28)(H,21,24,25)/t10-,15?/m0/s1. The number of carbonyl (C=O) groups excluding carboxylic acids is 1. The molecule has 3 N–H and O–H groups in total. The molecule has 1 aromatic carbocycles. The molecule has 0 radical (unpaired) electrons. The number of aryl methyl sites for hydroxylation is 1. The van der Waals surface area contributed by atoms with Crippen molar-refractivity contribution in [3.05, 3.63) is 40.1 Å². The van der Waals surface area contributed by atoms with Crippen molar-refractivity contribution in [2.24, 2.45) is 0 Å². The van der Waals surface area contributed by atoms with E-state index in [0.717, 1.165) is 34.1 Å². The number of aromatic nitrogens is 4. The van der Waals surface area contributed by atoms with Crippen LogP contribution in [0.3, 0.4) is 0 Å². The van der Waals surface area contributed by atoms with Gasteiger partial charge in [-0.05, 0) is 37.1 Å². The highest BCUT2D eigenvalue weighted by atomic mass is 79.9. The van der Waals surface area contributed by atoms with Crippen molar-refractivity contribution in [3.8, 4) is 0 Å². The van der Waals surface area contributed by atoms with Crippen molar-refractivity contribution in [2.45, 2.75) is 38.8 Å². The Hall–Kier alpha value is -2.52. The van der Waals surface area contributed by atoms with E-state index in [1.165, 1.54) is 0 Å². The number of amides is 1. The number of benzene rings is 1. The maximum absolute atomic E-state index is 12.8. The van der Waals surface area contributed by atoms with Crippen molar-refractivity contribution < 1.29 is 9.90 Å². The van der Waals surface area contributed by atoms with Gasteiger partial charge in [-0.2, -0.15) is 10.1 Å². The van der Waals surface area contributed by atoms with Crippen molar-refractivity contribution >= 4 is 44.5 Å². The van der Waals surface area contributed by atoms with Gasteiger partial charge in [-0.25, -0.2) is 4.98 Å². The van der Waals surface area contributed by atoms with Gasteiger partial charge in [0.25, 0.3) is 0 Å². The number of hydrogen-bond donors (Lipinski definition) is 3. The Morgan fingerprint density at radius 3 is 2.96 bits per heavy atom. The highest BCUT2D eigenvalue weighted by molar-refractivity contribution is 9.10. The first-order valence-corrected chi connectivity index (χ1v) is 10.0. The zero-order valence-corrected chi connectivity index (χ0v) is 17.2. The predicted octanol–water partition coefficient (Wildman–Crippen LogP) is 2.88. The molecule has 2 atom stereocenters. The molecule has 3 aromatic rings. The first kappa shape index (κ1) is 18.8. The summed E-state index contributed by atoms with van der Waals surface area (Å²) in [6, 6.07) is 5.71. The van der Waals surface area contributed by atoms with E-state index >= 15 is 0 Å². The van der Waals surface area contributed by atoms with E-state index in [1.54, 1.807) is 6.92 Å². The Morgan fingerprint density at radius 2 is 2.21 bits per heavy atom. The second-order valence-electron chi connectivity index (χ2n) is 6.95. The van der Waals surface area contributed by atoms with Crippen LogP contribution in [0, 0.1) is 0 Å². The average molecular weight is 445 g/mol. The average Bonchev–Trinajstić information content (AvgIpc) is 3.19. The van der Waals surface area contributed by atoms with Crippen LogP contribution in [-0.4, -0.2) is 43.4 Å². The Kier molecular flexibility index (Phi) is 5.03. The molecule has 1 amide bonds. The van der Waals surface area contributed by atoms with Crippen LogP contribution in [0.15, 0.2) is 28.9 Å². The number of aliphatic hydroxyl groups excluding tert-OH is 1. The zero-order chi connectivity index (χ0) is 19.8. The molecule has 0 aliphatic carbocycles. The molecular weight excluding hydrogens is 424 g/mol. The van der Waals surface area contributed by atoms with Gasteiger partial charge >= 0.3 is 0 Å². The molecule has 0 spiro atoms. The van der Waals surface area contributed by atoms with E-state index in [4.69, 9.17) is 0 Å². The highest BCUT2D eigenvalue weighted by Crippen LogP contribution is 2.40. The maximum atomic E-state index is 12.8. The van der Waals surface area contributed by atoms with Gasteiger partial charge in [0.1, 0.15) is 5.92 Å². The third kappa shape index (κ3) is 3.47. The molecule has 9 heteroatoms. The van der Waals surface area contributed by atoms with Crippen LogP contribution in [0.4, 0.5) is 11.6 Å². The molecule has 0 saturated heterocycles. The van der Waals surface area contributed by atoms with Gasteiger partial charge in [-0.3, -0.25) is 9.48 Å².